The molecule has 1 aromatic carbocycles. The molecule has 0 saturated heterocycles. The molecule has 6 heteroatoms. The third-order valence-electron chi connectivity index (χ3n) is 2.34. The molecule has 1 aromatic heterocycles. The first kappa shape index (κ1) is 13.9. The number of ketones is 1. The molecule has 2 aromatic rings. The van der Waals surface area contributed by atoms with Crippen LogP contribution in [0.1, 0.15) is 24.2 Å². The van der Waals surface area contributed by atoms with Crippen LogP contribution in [0.2, 0.25) is 0 Å². The number of hydrogen-bond donors (Lipinski definition) is 0. The highest BCUT2D eigenvalue weighted by Crippen LogP contribution is 2.36. The minimum Gasteiger partial charge on any atom is -0.405 e. The zero-order valence-electron chi connectivity index (χ0n) is 10.3. The van der Waals surface area contributed by atoms with Crippen LogP contribution >= 0.6 is 27.3 Å². The van der Waals surface area contributed by atoms with Gasteiger partial charge < -0.3 is 4.74 Å². The van der Waals surface area contributed by atoms with Gasteiger partial charge in [-0.05, 0) is 22.9 Å². The third-order valence-corrected chi connectivity index (χ3v) is 4.04. The Morgan fingerprint density at radius 3 is 2.37 bits per heavy atom. The highest BCUT2D eigenvalue weighted by molar-refractivity contribution is 9.11. The standard InChI is InChI=1S/C13H10BrNO3S/c1-7(16)9-3-5-10(6-4-9)13-15-12(11(14)19-13)18-8(2)17/h3-6H,1-2H3. The van der Waals surface area contributed by atoms with Gasteiger partial charge in [-0.2, -0.15) is 0 Å². The van der Waals surface area contributed by atoms with Crippen LogP contribution in [0.3, 0.4) is 0 Å². The Morgan fingerprint density at radius 2 is 1.84 bits per heavy atom. The minimum absolute atomic E-state index is 0.0208. The van der Waals surface area contributed by atoms with E-state index in [0.29, 0.717) is 9.35 Å². The molecule has 19 heavy (non-hydrogen) atoms. The van der Waals surface area contributed by atoms with Crippen molar-refractivity contribution >= 4 is 39.0 Å². The highest BCUT2D eigenvalue weighted by atomic mass is 79.9. The molecule has 0 bridgehead atoms. The number of ether oxygens (including phenoxy) is 1. The van der Waals surface area contributed by atoms with Crippen LogP contribution in [0.25, 0.3) is 10.6 Å². The quantitative estimate of drug-likeness (QED) is 0.631. The summed E-state index contributed by atoms with van der Waals surface area (Å²) >= 11 is 4.67. The number of benzene rings is 1. The van der Waals surface area contributed by atoms with E-state index in [1.165, 1.54) is 25.2 Å². The van der Waals surface area contributed by atoms with Crippen molar-refractivity contribution in [2.45, 2.75) is 13.8 Å². The number of carbonyl (C=O) groups excluding carboxylic acids is 2. The number of aromatic nitrogens is 1. The van der Waals surface area contributed by atoms with Gasteiger partial charge in [0.25, 0.3) is 0 Å². The Labute approximate surface area is 122 Å². The van der Waals surface area contributed by atoms with Gasteiger partial charge in [-0.3, -0.25) is 9.59 Å². The number of thiazole rings is 1. The number of Topliss-reactive ketones (excluding diaryl/α,β-unsaturated/α-hetero) is 1. The van der Waals surface area contributed by atoms with Gasteiger partial charge in [-0.25, -0.2) is 4.98 Å². The first-order valence-electron chi connectivity index (χ1n) is 5.43. The van der Waals surface area contributed by atoms with E-state index in [0.717, 1.165) is 10.6 Å². The maximum Gasteiger partial charge on any atom is 0.309 e. The Bertz CT molecular complexity index is 634. The second kappa shape index (κ2) is 5.63. The molecular formula is C13H10BrNO3S. The van der Waals surface area contributed by atoms with Gasteiger partial charge in [0.2, 0.25) is 5.88 Å². The summed E-state index contributed by atoms with van der Waals surface area (Å²) in [6.45, 7) is 2.85. The molecule has 4 nitrogen and oxygen atoms in total. The van der Waals surface area contributed by atoms with E-state index in [4.69, 9.17) is 4.74 Å². The van der Waals surface area contributed by atoms with E-state index in [1.807, 2.05) is 12.1 Å². The number of carbonyl (C=O) groups is 2. The molecular weight excluding hydrogens is 330 g/mol. The predicted octanol–water partition coefficient (Wildman–Crippen LogP) is 3.70. The van der Waals surface area contributed by atoms with E-state index in [9.17, 15) is 9.59 Å². The van der Waals surface area contributed by atoms with Gasteiger partial charge >= 0.3 is 5.97 Å². The summed E-state index contributed by atoms with van der Waals surface area (Å²) in [5.41, 5.74) is 1.52. The topological polar surface area (TPSA) is 56.3 Å². The Hall–Kier alpha value is -1.53. The van der Waals surface area contributed by atoms with Crippen molar-refractivity contribution in [3.05, 3.63) is 33.6 Å². The molecule has 0 fully saturated rings. The average Bonchev–Trinajstić information content (AvgIpc) is 2.70. The summed E-state index contributed by atoms with van der Waals surface area (Å²) in [5.74, 6) is -0.125. The molecule has 98 valence electrons. The summed E-state index contributed by atoms with van der Waals surface area (Å²) in [4.78, 5) is 26.3. The fraction of sp³-hybridized carbons (Fsp3) is 0.154. The first-order valence-corrected chi connectivity index (χ1v) is 7.04. The van der Waals surface area contributed by atoms with Gasteiger partial charge in [0, 0.05) is 18.1 Å². The zero-order chi connectivity index (χ0) is 14.0. The predicted molar refractivity (Wildman–Crippen MR) is 76.6 cm³/mol. The maximum absolute atomic E-state index is 11.2. The minimum atomic E-state index is -0.413. The second-order valence-electron chi connectivity index (χ2n) is 3.83. The number of rotatable bonds is 3. The molecule has 0 N–H and O–H groups in total. The fourth-order valence-corrected chi connectivity index (χ4v) is 2.81. The number of nitrogens with zero attached hydrogens (tertiary/aromatic N) is 1. The first-order chi connectivity index (χ1) is 8.97. The van der Waals surface area contributed by atoms with Crippen molar-refractivity contribution in [3.8, 4) is 16.5 Å². The van der Waals surface area contributed by atoms with E-state index in [2.05, 4.69) is 20.9 Å². The molecule has 1 heterocycles. The summed E-state index contributed by atoms with van der Waals surface area (Å²) in [6.07, 6.45) is 0. The summed E-state index contributed by atoms with van der Waals surface area (Å²) in [6, 6.07) is 7.13. The van der Waals surface area contributed by atoms with E-state index >= 15 is 0 Å². The smallest absolute Gasteiger partial charge is 0.309 e. The monoisotopic (exact) mass is 339 g/mol. The van der Waals surface area contributed by atoms with Crippen LogP contribution in [0, 0.1) is 0 Å². The number of esters is 1. The van der Waals surface area contributed by atoms with Crippen LogP contribution in [0.15, 0.2) is 28.1 Å². The van der Waals surface area contributed by atoms with Crippen molar-refractivity contribution in [2.24, 2.45) is 0 Å². The average molecular weight is 340 g/mol. The van der Waals surface area contributed by atoms with Crippen LogP contribution in [0.4, 0.5) is 0 Å². The van der Waals surface area contributed by atoms with Crippen LogP contribution in [0.5, 0.6) is 5.88 Å². The molecule has 0 aliphatic rings. The van der Waals surface area contributed by atoms with Gasteiger partial charge in [0.05, 0.1) is 0 Å². The van der Waals surface area contributed by atoms with Gasteiger partial charge in [-0.15, -0.1) is 11.3 Å². The lowest BCUT2D eigenvalue weighted by Crippen LogP contribution is -2.01. The fourth-order valence-electron chi connectivity index (χ4n) is 1.46. The van der Waals surface area contributed by atoms with Gasteiger partial charge in [0.15, 0.2) is 5.78 Å². The van der Waals surface area contributed by atoms with Crippen LogP contribution in [-0.4, -0.2) is 16.7 Å². The van der Waals surface area contributed by atoms with E-state index < -0.39 is 5.97 Å². The molecule has 0 spiro atoms. The zero-order valence-corrected chi connectivity index (χ0v) is 12.7. The molecule has 0 atom stereocenters. The Balaban J connectivity index is 2.31. The Kier molecular flexibility index (Phi) is 4.11. The largest absolute Gasteiger partial charge is 0.405 e. The molecule has 0 radical (unpaired) electrons. The lowest BCUT2D eigenvalue weighted by atomic mass is 10.1. The summed E-state index contributed by atoms with van der Waals surface area (Å²) < 4.78 is 5.63. The van der Waals surface area contributed by atoms with E-state index in [-0.39, 0.29) is 11.7 Å². The lowest BCUT2D eigenvalue weighted by Gasteiger charge is -1.98. The molecule has 0 aliphatic carbocycles. The van der Waals surface area contributed by atoms with Gasteiger partial charge in [-0.1, -0.05) is 24.3 Å². The van der Waals surface area contributed by atoms with Crippen molar-refractivity contribution < 1.29 is 14.3 Å². The number of hydrogen-bond acceptors (Lipinski definition) is 5. The third kappa shape index (κ3) is 3.27. The van der Waals surface area contributed by atoms with Crippen molar-refractivity contribution in [1.29, 1.82) is 0 Å². The van der Waals surface area contributed by atoms with Crippen LogP contribution in [-0.2, 0) is 4.79 Å². The number of halogens is 1. The van der Waals surface area contributed by atoms with Gasteiger partial charge in [0.1, 0.15) is 8.79 Å². The van der Waals surface area contributed by atoms with Crippen molar-refractivity contribution in [3.63, 3.8) is 0 Å². The van der Waals surface area contributed by atoms with Crippen LogP contribution < -0.4 is 4.74 Å². The molecule has 2 rings (SSSR count). The second-order valence-corrected chi connectivity index (χ2v) is 6.14. The normalized spacial score (nSPS) is 10.3. The molecule has 0 unspecified atom stereocenters. The van der Waals surface area contributed by atoms with Crippen molar-refractivity contribution in [2.75, 3.05) is 0 Å². The highest BCUT2D eigenvalue weighted by Gasteiger charge is 2.13. The molecule has 0 amide bonds. The maximum atomic E-state index is 11.2. The van der Waals surface area contributed by atoms with Crippen molar-refractivity contribution in [1.82, 2.24) is 4.98 Å². The molecule has 0 aliphatic heterocycles. The SMILES string of the molecule is CC(=O)Oc1nc(-c2ccc(C(C)=O)cc2)sc1Br. The molecule has 0 saturated carbocycles. The summed E-state index contributed by atoms with van der Waals surface area (Å²) in [7, 11) is 0. The van der Waals surface area contributed by atoms with E-state index in [1.54, 1.807) is 12.1 Å². The lowest BCUT2D eigenvalue weighted by molar-refractivity contribution is -0.132. The Morgan fingerprint density at radius 1 is 1.21 bits per heavy atom. The summed E-state index contributed by atoms with van der Waals surface area (Å²) in [5, 5.41) is 0.721.